The van der Waals surface area contributed by atoms with E-state index < -0.39 is 11.6 Å². The van der Waals surface area contributed by atoms with Crippen LogP contribution in [0.4, 0.5) is 14.6 Å². The number of nitrogen functional groups attached to an aromatic ring is 1. The van der Waals surface area contributed by atoms with Gasteiger partial charge in [0.2, 0.25) is 0 Å². The molecule has 0 atom stereocenters. The molecule has 1 heterocycles. The molecule has 0 saturated heterocycles. The van der Waals surface area contributed by atoms with Crippen molar-refractivity contribution in [3.63, 3.8) is 0 Å². The van der Waals surface area contributed by atoms with Gasteiger partial charge in [0.1, 0.15) is 11.6 Å². The fraction of sp³-hybridized carbons (Fsp3) is 0. The molecule has 0 bridgehead atoms. The van der Waals surface area contributed by atoms with Gasteiger partial charge in [-0.2, -0.15) is 0 Å². The molecule has 0 saturated carbocycles. The highest BCUT2D eigenvalue weighted by Gasteiger charge is 2.18. The molecule has 0 radical (unpaired) electrons. The average Bonchev–Trinajstić information content (AvgIpc) is 2.80. The lowest BCUT2D eigenvalue weighted by Gasteiger charge is -2.04. The molecule has 3 rings (SSSR count). The van der Waals surface area contributed by atoms with Gasteiger partial charge >= 0.3 is 0 Å². The Morgan fingerprint density at radius 3 is 2.19 bits per heavy atom. The van der Waals surface area contributed by atoms with Crippen molar-refractivity contribution in [2.24, 2.45) is 0 Å². The molecule has 3 nitrogen and oxygen atoms in total. The largest absolute Gasteiger partial charge is 0.380 e. The number of anilines is 1. The van der Waals surface area contributed by atoms with Crippen molar-refractivity contribution < 1.29 is 13.3 Å². The number of aromatic nitrogens is 1. The van der Waals surface area contributed by atoms with E-state index in [1.54, 1.807) is 0 Å². The predicted octanol–water partition coefficient (Wildman–Crippen LogP) is 4.63. The van der Waals surface area contributed by atoms with Crippen LogP contribution in [0.3, 0.4) is 0 Å². The van der Waals surface area contributed by atoms with Crippen LogP contribution in [-0.2, 0) is 0 Å². The molecular weight excluding hydrogens is 342 g/mol. The Labute approximate surface area is 127 Å². The Kier molecular flexibility index (Phi) is 3.47. The molecule has 0 fully saturated rings. The molecule has 0 aliphatic carbocycles. The highest BCUT2D eigenvalue weighted by atomic mass is 79.9. The average molecular weight is 351 g/mol. The number of halogens is 3. The third-order valence-corrected chi connectivity index (χ3v) is 3.50. The van der Waals surface area contributed by atoms with Crippen LogP contribution in [0.25, 0.3) is 22.5 Å². The van der Waals surface area contributed by atoms with Gasteiger partial charge in [-0.3, -0.25) is 0 Å². The molecule has 2 aromatic carbocycles. The Hall–Kier alpha value is -2.21. The molecule has 3 aromatic rings. The molecular formula is C15H9BrF2N2O. The summed E-state index contributed by atoms with van der Waals surface area (Å²) in [7, 11) is 0. The molecule has 106 valence electrons. The minimum Gasteiger partial charge on any atom is -0.380 e. The van der Waals surface area contributed by atoms with E-state index in [1.165, 1.54) is 12.1 Å². The normalized spacial score (nSPS) is 10.8. The van der Waals surface area contributed by atoms with Gasteiger partial charge in [0.25, 0.3) is 0 Å². The molecule has 0 aliphatic heterocycles. The van der Waals surface area contributed by atoms with E-state index in [0.717, 1.165) is 16.1 Å². The minimum atomic E-state index is -0.693. The van der Waals surface area contributed by atoms with Crippen molar-refractivity contribution in [3.05, 3.63) is 58.6 Å². The highest BCUT2D eigenvalue weighted by Crippen LogP contribution is 2.37. The quantitative estimate of drug-likeness (QED) is 0.732. The Morgan fingerprint density at radius 1 is 0.952 bits per heavy atom. The van der Waals surface area contributed by atoms with Crippen LogP contribution in [0.1, 0.15) is 0 Å². The second-order valence-corrected chi connectivity index (χ2v) is 5.35. The van der Waals surface area contributed by atoms with E-state index in [9.17, 15) is 8.78 Å². The number of hydrogen-bond acceptors (Lipinski definition) is 3. The van der Waals surface area contributed by atoms with E-state index in [4.69, 9.17) is 10.3 Å². The van der Waals surface area contributed by atoms with E-state index in [1.807, 2.05) is 24.3 Å². The topological polar surface area (TPSA) is 52.0 Å². The van der Waals surface area contributed by atoms with Gasteiger partial charge in [-0.25, -0.2) is 8.78 Å². The summed E-state index contributed by atoms with van der Waals surface area (Å²) in [5, 5.41) is 3.70. The monoisotopic (exact) mass is 350 g/mol. The predicted molar refractivity (Wildman–Crippen MR) is 79.4 cm³/mol. The first-order valence-corrected chi connectivity index (χ1v) is 6.81. The first kappa shape index (κ1) is 13.8. The summed E-state index contributed by atoms with van der Waals surface area (Å²) in [6.07, 6.45) is 0. The van der Waals surface area contributed by atoms with E-state index >= 15 is 0 Å². The van der Waals surface area contributed by atoms with Crippen LogP contribution in [0.5, 0.6) is 0 Å². The minimum absolute atomic E-state index is 0.164. The van der Waals surface area contributed by atoms with Crippen LogP contribution >= 0.6 is 15.9 Å². The molecule has 6 heteroatoms. The Balaban J connectivity index is 2.19. The molecule has 0 unspecified atom stereocenters. The summed E-state index contributed by atoms with van der Waals surface area (Å²) in [5.41, 5.74) is 7.32. The fourth-order valence-electron chi connectivity index (χ4n) is 2.08. The number of benzene rings is 2. The maximum absolute atomic E-state index is 13.4. The molecule has 0 amide bonds. The van der Waals surface area contributed by atoms with Gasteiger partial charge < -0.3 is 10.3 Å². The third kappa shape index (κ3) is 2.67. The van der Waals surface area contributed by atoms with Gasteiger partial charge in [-0.15, -0.1) is 0 Å². The standard InChI is InChI=1S/C15H9BrF2N2O/c16-10-3-1-8(2-4-10)13-14(21-20-15(13)19)9-5-11(17)7-12(18)6-9/h1-7H,(H2,19,20). The zero-order valence-electron chi connectivity index (χ0n) is 10.6. The van der Waals surface area contributed by atoms with Gasteiger partial charge in [-0.1, -0.05) is 33.2 Å². The van der Waals surface area contributed by atoms with Crippen LogP contribution in [0.2, 0.25) is 0 Å². The number of hydrogen-bond donors (Lipinski definition) is 1. The van der Waals surface area contributed by atoms with Gasteiger partial charge in [0.15, 0.2) is 11.6 Å². The lowest BCUT2D eigenvalue weighted by atomic mass is 10.0. The maximum Gasteiger partial charge on any atom is 0.177 e. The summed E-state index contributed by atoms with van der Waals surface area (Å²) >= 11 is 3.34. The summed E-state index contributed by atoms with van der Waals surface area (Å²) in [6, 6.07) is 10.4. The van der Waals surface area contributed by atoms with E-state index in [2.05, 4.69) is 21.1 Å². The number of nitrogens with zero attached hydrogens (tertiary/aromatic N) is 1. The number of nitrogens with two attached hydrogens (primary N) is 1. The van der Waals surface area contributed by atoms with E-state index in [0.29, 0.717) is 5.56 Å². The van der Waals surface area contributed by atoms with Gasteiger partial charge in [-0.05, 0) is 29.8 Å². The smallest absolute Gasteiger partial charge is 0.177 e. The van der Waals surface area contributed by atoms with Crippen molar-refractivity contribution in [2.75, 3.05) is 5.73 Å². The second kappa shape index (κ2) is 5.29. The number of rotatable bonds is 2. The maximum atomic E-state index is 13.4. The first-order valence-electron chi connectivity index (χ1n) is 6.02. The molecule has 0 aliphatic rings. The Bertz CT molecular complexity index is 780. The zero-order valence-corrected chi connectivity index (χ0v) is 12.2. The summed E-state index contributed by atoms with van der Waals surface area (Å²) < 4.78 is 32.8. The highest BCUT2D eigenvalue weighted by molar-refractivity contribution is 9.10. The van der Waals surface area contributed by atoms with Crippen LogP contribution < -0.4 is 5.73 Å². The third-order valence-electron chi connectivity index (χ3n) is 2.98. The summed E-state index contributed by atoms with van der Waals surface area (Å²) in [5.74, 6) is -0.992. The van der Waals surface area contributed by atoms with Crippen molar-refractivity contribution in [1.29, 1.82) is 0 Å². The van der Waals surface area contributed by atoms with Gasteiger partial charge in [0.05, 0.1) is 5.56 Å². The Morgan fingerprint density at radius 2 is 1.57 bits per heavy atom. The SMILES string of the molecule is Nc1noc(-c2cc(F)cc(F)c2)c1-c1ccc(Br)cc1. The molecule has 0 spiro atoms. The molecule has 2 N–H and O–H groups in total. The second-order valence-electron chi connectivity index (χ2n) is 4.44. The van der Waals surface area contributed by atoms with Crippen LogP contribution in [-0.4, -0.2) is 5.16 Å². The van der Waals surface area contributed by atoms with Crippen molar-refractivity contribution >= 4 is 21.7 Å². The summed E-state index contributed by atoms with van der Waals surface area (Å²) in [6.45, 7) is 0. The summed E-state index contributed by atoms with van der Waals surface area (Å²) in [4.78, 5) is 0. The van der Waals surface area contributed by atoms with Gasteiger partial charge in [0, 0.05) is 16.1 Å². The fourth-order valence-corrected chi connectivity index (χ4v) is 2.34. The first-order chi connectivity index (χ1) is 10.0. The van der Waals surface area contributed by atoms with E-state index in [-0.39, 0.29) is 17.1 Å². The van der Waals surface area contributed by atoms with Crippen molar-refractivity contribution in [1.82, 2.24) is 5.16 Å². The van der Waals surface area contributed by atoms with Crippen LogP contribution in [0, 0.1) is 11.6 Å². The zero-order chi connectivity index (χ0) is 15.0. The lowest BCUT2D eigenvalue weighted by molar-refractivity contribution is 0.435. The van der Waals surface area contributed by atoms with Crippen molar-refractivity contribution in [2.45, 2.75) is 0 Å². The lowest BCUT2D eigenvalue weighted by Crippen LogP contribution is -1.89. The molecule has 1 aromatic heterocycles. The van der Waals surface area contributed by atoms with Crippen LogP contribution in [0.15, 0.2) is 51.5 Å². The van der Waals surface area contributed by atoms with Crippen molar-refractivity contribution in [3.8, 4) is 22.5 Å². The molecule has 21 heavy (non-hydrogen) atoms.